The Morgan fingerprint density at radius 3 is 2.47 bits per heavy atom. The number of halogens is 1. The van der Waals surface area contributed by atoms with Crippen molar-refractivity contribution in [3.8, 4) is 0 Å². The lowest BCUT2D eigenvalue weighted by Crippen LogP contribution is -2.38. The van der Waals surface area contributed by atoms with E-state index in [0.29, 0.717) is 0 Å². The maximum absolute atomic E-state index is 13.6. The molecule has 0 N–H and O–H groups in total. The summed E-state index contributed by atoms with van der Waals surface area (Å²) in [5, 5.41) is 0.901. The van der Waals surface area contributed by atoms with Crippen molar-refractivity contribution in [2.45, 2.75) is 39.2 Å². The van der Waals surface area contributed by atoms with Crippen molar-refractivity contribution in [2.75, 3.05) is 13.6 Å². The Hall–Kier alpha value is -0.460. The van der Waals surface area contributed by atoms with Crippen LogP contribution in [0.3, 0.4) is 0 Å². The Kier molecular flexibility index (Phi) is 5.09. The molecule has 0 amide bonds. The lowest BCUT2D eigenvalue weighted by molar-refractivity contribution is 0.174. The number of nitrogens with zero attached hydrogens (tertiary/aromatic N) is 1. The van der Waals surface area contributed by atoms with Crippen molar-refractivity contribution in [3.63, 3.8) is 0 Å². The molecule has 0 aliphatic heterocycles. The van der Waals surface area contributed by atoms with Gasteiger partial charge in [0.15, 0.2) is 0 Å². The molecule has 0 saturated carbocycles. The normalized spacial score (nSPS) is 12.2. The van der Waals surface area contributed by atoms with E-state index in [0.717, 1.165) is 30.3 Å². The van der Waals surface area contributed by atoms with Gasteiger partial charge >= 0.3 is 0 Å². The molecule has 0 saturated heterocycles. The molecule has 1 nitrogen and oxygen atoms in total. The summed E-state index contributed by atoms with van der Waals surface area (Å²) < 4.78 is 13.6. The molecule has 3 heteroatoms. The maximum Gasteiger partial charge on any atom is 0.127 e. The summed E-state index contributed by atoms with van der Waals surface area (Å²) in [6, 6.07) is 5.40. The lowest BCUT2D eigenvalue weighted by Gasteiger charge is -2.31. The summed E-state index contributed by atoms with van der Waals surface area (Å²) in [4.78, 5) is 2.30. The zero-order valence-corrected chi connectivity index (χ0v) is 12.4. The van der Waals surface area contributed by atoms with Gasteiger partial charge < -0.3 is 4.90 Å². The highest BCUT2D eigenvalue weighted by atomic mass is 31.0. The Bertz CT molecular complexity index is 371. The van der Waals surface area contributed by atoms with Gasteiger partial charge in [-0.2, -0.15) is 0 Å². The molecule has 1 aromatic rings. The van der Waals surface area contributed by atoms with Crippen molar-refractivity contribution in [3.05, 3.63) is 29.6 Å². The smallest absolute Gasteiger partial charge is 0.127 e. The first-order chi connectivity index (χ1) is 7.80. The zero-order valence-electron chi connectivity index (χ0n) is 11.3. The van der Waals surface area contributed by atoms with Gasteiger partial charge in [0, 0.05) is 5.54 Å². The van der Waals surface area contributed by atoms with Crippen LogP contribution in [-0.4, -0.2) is 24.0 Å². The van der Waals surface area contributed by atoms with E-state index >= 15 is 0 Å². The number of hydrogen-bond donors (Lipinski definition) is 0. The fourth-order valence-corrected chi connectivity index (χ4v) is 1.85. The number of hydrogen-bond acceptors (Lipinski definition) is 1. The molecular formula is C14H23FNP. The average Bonchev–Trinajstić information content (AvgIpc) is 2.19. The second-order valence-corrected chi connectivity index (χ2v) is 6.21. The Morgan fingerprint density at radius 1 is 1.29 bits per heavy atom. The monoisotopic (exact) mass is 255 g/mol. The summed E-state index contributed by atoms with van der Waals surface area (Å²) in [7, 11) is 4.63. The third kappa shape index (κ3) is 4.73. The number of rotatable bonds is 4. The highest BCUT2D eigenvalue weighted by molar-refractivity contribution is 7.27. The van der Waals surface area contributed by atoms with Crippen LogP contribution in [0.2, 0.25) is 0 Å². The van der Waals surface area contributed by atoms with Crippen LogP contribution in [0.25, 0.3) is 0 Å². The molecule has 0 aliphatic carbocycles. The molecule has 1 atom stereocenters. The van der Waals surface area contributed by atoms with Gasteiger partial charge in [-0.3, -0.25) is 0 Å². The van der Waals surface area contributed by atoms with Crippen LogP contribution >= 0.6 is 9.24 Å². The molecule has 1 rings (SSSR count). The second kappa shape index (κ2) is 5.93. The predicted octanol–water partition coefficient (Wildman–Crippen LogP) is 2.99. The molecule has 0 heterocycles. The van der Waals surface area contributed by atoms with Crippen molar-refractivity contribution in [2.24, 2.45) is 0 Å². The second-order valence-electron chi connectivity index (χ2n) is 5.55. The largest absolute Gasteiger partial charge is 0.302 e. The van der Waals surface area contributed by atoms with Crippen molar-refractivity contribution in [1.82, 2.24) is 4.90 Å². The topological polar surface area (TPSA) is 3.24 Å². The molecule has 1 aromatic carbocycles. The van der Waals surface area contributed by atoms with Gasteiger partial charge in [-0.05, 0) is 64.1 Å². The third-order valence-corrected chi connectivity index (χ3v) is 3.52. The highest BCUT2D eigenvalue weighted by Crippen LogP contribution is 2.13. The van der Waals surface area contributed by atoms with Gasteiger partial charge in [-0.15, -0.1) is 9.24 Å². The van der Waals surface area contributed by atoms with Crippen LogP contribution in [0.4, 0.5) is 4.39 Å². The summed E-state index contributed by atoms with van der Waals surface area (Å²) in [5.74, 6) is -0.0871. The van der Waals surface area contributed by atoms with E-state index in [2.05, 4.69) is 42.0 Å². The minimum absolute atomic E-state index is 0.0871. The zero-order chi connectivity index (χ0) is 13.1. The average molecular weight is 255 g/mol. The minimum atomic E-state index is -0.0871. The van der Waals surface area contributed by atoms with Crippen molar-refractivity contribution >= 4 is 14.5 Å². The number of aryl methyl sites for hydroxylation is 1. The van der Waals surface area contributed by atoms with Gasteiger partial charge in [-0.1, -0.05) is 12.1 Å². The highest BCUT2D eigenvalue weighted by Gasteiger charge is 2.16. The summed E-state index contributed by atoms with van der Waals surface area (Å²) in [5.41, 5.74) is 1.00. The molecule has 0 aromatic heterocycles. The summed E-state index contributed by atoms with van der Waals surface area (Å²) in [6.07, 6.45) is 1.79. The standard InChI is InChI=1S/C14H23FNP/c1-14(2,3)16(4)9-5-6-11-7-8-12(17)10-13(11)15/h7-8,10H,5-6,9,17H2,1-4H3. The quantitative estimate of drug-likeness (QED) is 0.748. The van der Waals surface area contributed by atoms with Gasteiger partial charge in [0.2, 0.25) is 0 Å². The fraction of sp³-hybridized carbons (Fsp3) is 0.571. The SMILES string of the molecule is CN(CCCc1ccc(P)cc1F)C(C)(C)C. The molecule has 0 fully saturated rings. The number of benzene rings is 1. The van der Waals surface area contributed by atoms with E-state index in [4.69, 9.17) is 0 Å². The van der Waals surface area contributed by atoms with Crippen molar-refractivity contribution < 1.29 is 4.39 Å². The Balaban J connectivity index is 2.46. The van der Waals surface area contributed by atoms with Gasteiger partial charge in [0.05, 0.1) is 0 Å². The molecule has 0 bridgehead atoms. The van der Waals surface area contributed by atoms with Crippen molar-refractivity contribution in [1.29, 1.82) is 0 Å². The lowest BCUT2D eigenvalue weighted by atomic mass is 10.0. The van der Waals surface area contributed by atoms with Crippen LogP contribution in [0.15, 0.2) is 18.2 Å². The first-order valence-corrected chi connectivity index (χ1v) is 6.63. The van der Waals surface area contributed by atoms with Crippen LogP contribution in [-0.2, 0) is 6.42 Å². The predicted molar refractivity (Wildman–Crippen MR) is 76.4 cm³/mol. The van der Waals surface area contributed by atoms with Gasteiger partial charge in [0.1, 0.15) is 5.82 Å². The Labute approximate surface area is 107 Å². The van der Waals surface area contributed by atoms with E-state index in [1.54, 1.807) is 6.07 Å². The summed E-state index contributed by atoms with van der Waals surface area (Å²) >= 11 is 0. The third-order valence-electron chi connectivity index (χ3n) is 3.16. The van der Waals surface area contributed by atoms with E-state index in [1.165, 1.54) is 0 Å². The minimum Gasteiger partial charge on any atom is -0.302 e. The van der Waals surface area contributed by atoms with Crippen LogP contribution in [0.5, 0.6) is 0 Å². The molecule has 0 radical (unpaired) electrons. The first kappa shape index (κ1) is 14.6. The molecule has 17 heavy (non-hydrogen) atoms. The molecule has 0 aliphatic rings. The first-order valence-electron chi connectivity index (χ1n) is 6.06. The summed E-state index contributed by atoms with van der Waals surface area (Å²) in [6.45, 7) is 7.57. The van der Waals surface area contributed by atoms with E-state index in [1.807, 2.05) is 12.1 Å². The molecule has 96 valence electrons. The molecular weight excluding hydrogens is 232 g/mol. The molecule has 1 unspecified atom stereocenters. The van der Waals surface area contributed by atoms with E-state index < -0.39 is 0 Å². The van der Waals surface area contributed by atoms with Gasteiger partial charge in [-0.25, -0.2) is 4.39 Å². The van der Waals surface area contributed by atoms with Crippen LogP contribution in [0, 0.1) is 5.82 Å². The van der Waals surface area contributed by atoms with Gasteiger partial charge in [0.25, 0.3) is 0 Å². The Morgan fingerprint density at radius 2 is 1.94 bits per heavy atom. The van der Waals surface area contributed by atoms with E-state index in [-0.39, 0.29) is 11.4 Å². The van der Waals surface area contributed by atoms with Crippen LogP contribution < -0.4 is 5.30 Å². The maximum atomic E-state index is 13.6. The van der Waals surface area contributed by atoms with Crippen LogP contribution in [0.1, 0.15) is 32.8 Å². The van der Waals surface area contributed by atoms with E-state index in [9.17, 15) is 4.39 Å². The fourth-order valence-electron chi connectivity index (χ4n) is 1.61. The molecule has 0 spiro atoms.